The van der Waals surface area contributed by atoms with Crippen LogP contribution in [0, 0.1) is 0 Å². The third-order valence-corrected chi connectivity index (χ3v) is 0. The number of hydrogen-bond acceptors (Lipinski definition) is 1. The standard InChI is InChI=1S/3CH3.Al.BH3.H3N/h3*1H3;;2*1H3. The van der Waals surface area contributed by atoms with E-state index in [1.807, 2.05) is 0 Å². The fourth-order valence-electron chi connectivity index (χ4n) is 0. The average Bonchev–Trinajstić information content (AvgIpc) is 0.811. The maximum atomic E-state index is 2.31. The Bertz CT molecular complexity index is 15.5. The van der Waals surface area contributed by atoms with Gasteiger partial charge in [-0.1, -0.05) is 0 Å². The van der Waals surface area contributed by atoms with Gasteiger partial charge in [0.2, 0.25) is 0 Å². The summed E-state index contributed by atoms with van der Waals surface area (Å²) in [5, 5.41) is 0. The first-order valence-electron chi connectivity index (χ1n) is 1.73. The lowest BCUT2D eigenvalue weighted by molar-refractivity contribution is 1.91. The Labute approximate surface area is 46.7 Å². The Morgan fingerprint density at radius 2 is 1.00 bits per heavy atom. The van der Waals surface area contributed by atoms with Crippen LogP contribution in [0.3, 0.4) is 0 Å². The van der Waals surface area contributed by atoms with E-state index in [0.717, 1.165) is 0 Å². The summed E-state index contributed by atoms with van der Waals surface area (Å²) in [6.45, 7) is 0. The molecule has 6 heavy (non-hydrogen) atoms. The summed E-state index contributed by atoms with van der Waals surface area (Å²) in [4.78, 5) is 0. The molecule has 0 rings (SSSR count). The van der Waals surface area contributed by atoms with Crippen molar-refractivity contribution in [2.45, 2.75) is 17.4 Å². The molecule has 0 unspecified atom stereocenters. The van der Waals surface area contributed by atoms with E-state index >= 15 is 0 Å². The molecule has 0 aromatic heterocycles. The van der Waals surface area contributed by atoms with Gasteiger partial charge in [-0.15, -0.1) is 17.4 Å². The molecule has 0 bridgehead atoms. The molecule has 0 fully saturated rings. The lowest BCUT2D eigenvalue weighted by Gasteiger charge is -1.67. The highest BCUT2D eigenvalue weighted by molar-refractivity contribution is 6.54. The minimum Gasteiger partial charge on any atom is -0.344 e. The van der Waals surface area contributed by atoms with Crippen molar-refractivity contribution in [3.63, 3.8) is 0 Å². The van der Waals surface area contributed by atoms with Gasteiger partial charge >= 0.3 is 0 Å². The summed E-state index contributed by atoms with van der Waals surface area (Å²) in [5.41, 5.74) is 0. The summed E-state index contributed by atoms with van der Waals surface area (Å²) in [6.07, 6.45) is 0. The average molecular weight is 103 g/mol. The predicted molar refractivity (Wildman–Crippen MR) is 38.3 cm³/mol. The van der Waals surface area contributed by atoms with E-state index in [2.05, 4.69) is 17.4 Å². The van der Waals surface area contributed by atoms with Crippen LogP contribution in [-0.4, -0.2) is 22.6 Å². The van der Waals surface area contributed by atoms with Crippen molar-refractivity contribution < 1.29 is 0 Å². The Morgan fingerprint density at radius 1 is 1.00 bits per heavy atom. The molecule has 0 aliphatic heterocycles. The first kappa shape index (κ1) is 16.0. The molecule has 0 saturated carbocycles. The molecule has 0 amide bonds. The van der Waals surface area contributed by atoms with Crippen LogP contribution in [0.25, 0.3) is 0 Å². The van der Waals surface area contributed by atoms with Gasteiger partial charge in [-0.2, -0.15) is 0 Å². The van der Waals surface area contributed by atoms with Gasteiger partial charge in [0.05, 0.1) is 8.41 Å². The van der Waals surface area contributed by atoms with Crippen molar-refractivity contribution in [3.8, 4) is 0 Å². The highest BCUT2D eigenvalue weighted by Crippen LogP contribution is 1.68. The minimum absolute atomic E-state index is 0. The fraction of sp³-hybridized carbons (Fsp3) is 1.00. The maximum absolute atomic E-state index is 2.31. The van der Waals surface area contributed by atoms with Crippen LogP contribution in [0.1, 0.15) is 0 Å². The van der Waals surface area contributed by atoms with Crippen molar-refractivity contribution in [3.05, 3.63) is 0 Å². The molecule has 38 valence electrons. The van der Waals surface area contributed by atoms with Crippen LogP contribution in [0.5, 0.6) is 0 Å². The van der Waals surface area contributed by atoms with Crippen LogP contribution in [0.2, 0.25) is 17.4 Å². The number of rotatable bonds is 0. The molecular formula is C3H15AlBN. The molecule has 0 saturated heterocycles. The van der Waals surface area contributed by atoms with Gasteiger partial charge in [-0.05, 0) is 0 Å². The van der Waals surface area contributed by atoms with Gasteiger partial charge in [0.1, 0.15) is 0 Å². The summed E-state index contributed by atoms with van der Waals surface area (Å²) < 4.78 is 0. The second kappa shape index (κ2) is 9.12. The molecule has 0 spiro atoms. The second-order valence-corrected chi connectivity index (χ2v) is 5.20. The Kier molecular flexibility index (Phi) is 24.3. The topological polar surface area (TPSA) is 35.0 Å². The van der Waals surface area contributed by atoms with Crippen molar-refractivity contribution in [1.29, 1.82) is 0 Å². The van der Waals surface area contributed by atoms with Crippen LogP contribution in [0.4, 0.5) is 0 Å². The highest BCUT2D eigenvalue weighted by Gasteiger charge is 1.81. The van der Waals surface area contributed by atoms with Crippen LogP contribution in [-0.2, 0) is 0 Å². The van der Waals surface area contributed by atoms with Crippen LogP contribution < -0.4 is 6.15 Å². The zero-order chi connectivity index (χ0) is 3.58. The van der Waals surface area contributed by atoms with E-state index in [9.17, 15) is 0 Å². The van der Waals surface area contributed by atoms with Gasteiger partial charge in [0.25, 0.3) is 14.1 Å². The van der Waals surface area contributed by atoms with Gasteiger partial charge in [0.15, 0.2) is 0 Å². The summed E-state index contributed by atoms with van der Waals surface area (Å²) in [6, 6.07) is 0. The molecular weight excluding hydrogens is 87.8 g/mol. The normalized spacial score (nSPS) is 4.50. The SMILES string of the molecule is B.N.[CH3][Al]([CH3])[CH3]. The third kappa shape index (κ3) is 186. The molecule has 1 nitrogen and oxygen atoms in total. The monoisotopic (exact) mass is 103 g/mol. The summed E-state index contributed by atoms with van der Waals surface area (Å²) in [5.74, 6) is 6.92. The molecule has 0 aromatic carbocycles. The Balaban J connectivity index is -0.0000000450. The molecule has 3 heteroatoms. The number of hydrogen-bond donors (Lipinski definition) is 1. The van der Waals surface area contributed by atoms with E-state index in [4.69, 9.17) is 0 Å². The third-order valence-electron chi connectivity index (χ3n) is 0. The fourth-order valence-corrected chi connectivity index (χ4v) is 0. The van der Waals surface area contributed by atoms with Crippen molar-refractivity contribution in [2.24, 2.45) is 0 Å². The minimum atomic E-state index is -0.139. The Hall–Kier alpha value is 0.557. The predicted octanol–water partition coefficient (Wildman–Crippen LogP) is 0.349. The summed E-state index contributed by atoms with van der Waals surface area (Å²) >= 11 is -0.139. The lowest BCUT2D eigenvalue weighted by atomic mass is 10.8. The lowest BCUT2D eigenvalue weighted by Crippen LogP contribution is -1.84. The molecule has 0 radical (unpaired) electrons. The second-order valence-electron chi connectivity index (χ2n) is 1.73. The van der Waals surface area contributed by atoms with E-state index in [-0.39, 0.29) is 28.7 Å². The van der Waals surface area contributed by atoms with Crippen LogP contribution >= 0.6 is 0 Å². The quantitative estimate of drug-likeness (QED) is 0.441. The molecule has 0 aliphatic carbocycles. The zero-order valence-electron chi connectivity index (χ0n) is 4.28. The van der Waals surface area contributed by atoms with E-state index in [1.54, 1.807) is 0 Å². The zero-order valence-corrected chi connectivity index (χ0v) is 5.44. The van der Waals surface area contributed by atoms with Gasteiger partial charge in [-0.25, -0.2) is 0 Å². The van der Waals surface area contributed by atoms with Gasteiger partial charge in [0, 0.05) is 0 Å². The molecule has 3 N–H and O–H groups in total. The first-order chi connectivity index (χ1) is 1.73. The largest absolute Gasteiger partial charge is 0.344 e. The van der Waals surface area contributed by atoms with Gasteiger partial charge in [-0.3, -0.25) is 0 Å². The summed E-state index contributed by atoms with van der Waals surface area (Å²) in [7, 11) is 0. The van der Waals surface area contributed by atoms with Crippen molar-refractivity contribution >= 4 is 22.6 Å². The van der Waals surface area contributed by atoms with E-state index in [0.29, 0.717) is 0 Å². The van der Waals surface area contributed by atoms with Gasteiger partial charge < -0.3 is 6.15 Å². The first-order valence-corrected chi connectivity index (χ1v) is 5.20. The molecule has 0 aliphatic rings. The van der Waals surface area contributed by atoms with Crippen molar-refractivity contribution in [2.75, 3.05) is 0 Å². The van der Waals surface area contributed by atoms with E-state index < -0.39 is 0 Å². The molecule has 0 atom stereocenters. The smallest absolute Gasteiger partial charge is 0.251 e. The molecule has 0 aromatic rings. The van der Waals surface area contributed by atoms with E-state index in [1.165, 1.54) is 0 Å². The molecule has 0 heterocycles. The highest BCUT2D eigenvalue weighted by atomic mass is 27.2. The van der Waals surface area contributed by atoms with Crippen molar-refractivity contribution in [1.82, 2.24) is 6.15 Å². The van der Waals surface area contributed by atoms with Crippen LogP contribution in [0.15, 0.2) is 0 Å². The Morgan fingerprint density at radius 3 is 1.00 bits per heavy atom. The maximum Gasteiger partial charge on any atom is 0.251 e.